The molecule has 3 rings (SSSR count). The molecule has 0 spiro atoms. The fourth-order valence-corrected chi connectivity index (χ4v) is 3.83. The van der Waals surface area contributed by atoms with Crippen LogP contribution in [0, 0.1) is 0 Å². The van der Waals surface area contributed by atoms with Gasteiger partial charge in [0.15, 0.2) is 0 Å². The first-order valence-corrected chi connectivity index (χ1v) is 11.4. The molecule has 6 heteroatoms. The van der Waals surface area contributed by atoms with Crippen LogP contribution in [-0.2, 0) is 22.6 Å². The minimum absolute atomic E-state index is 0.0112. The molecule has 0 aliphatic carbocycles. The molecule has 33 heavy (non-hydrogen) atoms. The van der Waals surface area contributed by atoms with Crippen molar-refractivity contribution in [2.24, 2.45) is 0 Å². The largest absolute Gasteiger partial charge is 0.489 e. The first kappa shape index (κ1) is 24.4. The zero-order chi connectivity index (χ0) is 24.0. The van der Waals surface area contributed by atoms with Gasteiger partial charge in [0, 0.05) is 31.2 Å². The van der Waals surface area contributed by atoms with Gasteiger partial charge in [0.05, 0.1) is 6.42 Å². The van der Waals surface area contributed by atoms with E-state index in [1.165, 1.54) is 0 Å². The Morgan fingerprint density at radius 3 is 2.48 bits per heavy atom. The summed E-state index contributed by atoms with van der Waals surface area (Å²) in [6.07, 6.45) is 1.65. The Morgan fingerprint density at radius 1 is 1.12 bits per heavy atom. The molecule has 176 valence electrons. The molecule has 2 aromatic carbocycles. The first-order chi connectivity index (χ1) is 15.7. The van der Waals surface area contributed by atoms with E-state index in [4.69, 9.17) is 9.47 Å². The van der Waals surface area contributed by atoms with E-state index in [0.29, 0.717) is 32.0 Å². The van der Waals surface area contributed by atoms with Gasteiger partial charge < -0.3 is 19.3 Å². The van der Waals surface area contributed by atoms with Crippen molar-refractivity contribution < 1.29 is 19.1 Å². The van der Waals surface area contributed by atoms with Crippen molar-refractivity contribution in [3.8, 4) is 5.75 Å². The number of ether oxygens (including phenoxy) is 2. The van der Waals surface area contributed by atoms with Gasteiger partial charge in [-0.25, -0.2) is 4.79 Å². The predicted molar refractivity (Wildman–Crippen MR) is 130 cm³/mol. The number of rotatable bonds is 6. The van der Waals surface area contributed by atoms with Gasteiger partial charge in [0.2, 0.25) is 5.91 Å². The van der Waals surface area contributed by atoms with Gasteiger partial charge in [0.25, 0.3) is 0 Å². The van der Waals surface area contributed by atoms with Gasteiger partial charge in [-0.2, -0.15) is 0 Å². The van der Waals surface area contributed by atoms with Crippen LogP contribution >= 0.6 is 0 Å². The second-order valence-corrected chi connectivity index (χ2v) is 9.38. The summed E-state index contributed by atoms with van der Waals surface area (Å²) in [6.45, 7) is 13.2. The topological polar surface area (TPSA) is 59.1 Å². The maximum absolute atomic E-state index is 13.2. The molecule has 1 fully saturated rings. The lowest BCUT2D eigenvalue weighted by Crippen LogP contribution is -2.56. The van der Waals surface area contributed by atoms with Crippen LogP contribution in [0.1, 0.15) is 44.4 Å². The average molecular weight is 451 g/mol. The summed E-state index contributed by atoms with van der Waals surface area (Å²) in [5.74, 6) is 0.704. The van der Waals surface area contributed by atoms with E-state index < -0.39 is 5.60 Å². The van der Waals surface area contributed by atoms with E-state index in [9.17, 15) is 9.59 Å². The number of hydrogen-bond acceptors (Lipinski definition) is 4. The fourth-order valence-electron chi connectivity index (χ4n) is 3.83. The quantitative estimate of drug-likeness (QED) is 0.627. The molecule has 0 bridgehead atoms. The molecule has 0 saturated carbocycles. The molecule has 2 aromatic rings. The molecule has 0 aromatic heterocycles. The van der Waals surface area contributed by atoms with Crippen molar-refractivity contribution in [1.82, 2.24) is 9.80 Å². The number of nitrogens with zero attached hydrogens (tertiary/aromatic N) is 2. The summed E-state index contributed by atoms with van der Waals surface area (Å²) >= 11 is 0. The van der Waals surface area contributed by atoms with Crippen LogP contribution in [0.2, 0.25) is 0 Å². The Labute approximate surface area is 196 Å². The van der Waals surface area contributed by atoms with Crippen molar-refractivity contribution in [3.63, 3.8) is 0 Å². The monoisotopic (exact) mass is 450 g/mol. The van der Waals surface area contributed by atoms with E-state index in [-0.39, 0.29) is 24.5 Å². The van der Waals surface area contributed by atoms with E-state index in [2.05, 4.69) is 6.58 Å². The van der Waals surface area contributed by atoms with Crippen molar-refractivity contribution >= 4 is 18.1 Å². The predicted octanol–water partition coefficient (Wildman–Crippen LogP) is 4.92. The Hall–Kier alpha value is -3.28. The van der Waals surface area contributed by atoms with Gasteiger partial charge in [-0.15, -0.1) is 0 Å². The molecular weight excluding hydrogens is 416 g/mol. The second kappa shape index (κ2) is 10.6. The molecule has 0 N–H and O–H groups in total. The third-order valence-corrected chi connectivity index (χ3v) is 5.50. The molecule has 0 radical (unpaired) electrons. The maximum atomic E-state index is 13.2. The Balaban J connectivity index is 1.66. The van der Waals surface area contributed by atoms with Crippen molar-refractivity contribution in [1.29, 1.82) is 0 Å². The lowest BCUT2D eigenvalue weighted by Gasteiger charge is -2.40. The molecule has 2 amide bonds. The third-order valence-electron chi connectivity index (χ3n) is 5.50. The minimum atomic E-state index is -0.542. The highest BCUT2D eigenvalue weighted by atomic mass is 16.6. The van der Waals surface area contributed by atoms with Gasteiger partial charge in [-0.3, -0.25) is 4.79 Å². The van der Waals surface area contributed by atoms with Crippen molar-refractivity contribution in [2.45, 2.75) is 52.4 Å². The van der Waals surface area contributed by atoms with Crippen LogP contribution in [0.4, 0.5) is 4.79 Å². The number of piperazine rings is 1. The summed E-state index contributed by atoms with van der Waals surface area (Å²) < 4.78 is 11.5. The standard InChI is InChI=1S/C27H34N2O4/c1-6-21-12-13-24(32-19-22-10-8-7-9-11-22)23(16-21)17-25(30)29-15-14-28(18-20(29)2)26(31)33-27(3,4)5/h6-13,16,20H,1,14-15,17-19H2,2-5H3. The van der Waals surface area contributed by atoms with E-state index in [0.717, 1.165) is 16.7 Å². The zero-order valence-electron chi connectivity index (χ0n) is 20.0. The number of carbonyl (C=O) groups excluding carboxylic acids is 2. The summed E-state index contributed by atoms with van der Waals surface area (Å²) in [5, 5.41) is 0. The highest BCUT2D eigenvalue weighted by molar-refractivity contribution is 5.80. The summed E-state index contributed by atoms with van der Waals surface area (Å²) in [4.78, 5) is 29.1. The van der Waals surface area contributed by atoms with E-state index in [1.54, 1.807) is 11.0 Å². The smallest absolute Gasteiger partial charge is 0.410 e. The fraction of sp³-hybridized carbons (Fsp3) is 0.407. The lowest BCUT2D eigenvalue weighted by atomic mass is 10.0. The van der Waals surface area contributed by atoms with Crippen molar-refractivity contribution in [2.75, 3.05) is 19.6 Å². The molecular formula is C27H34N2O4. The van der Waals surface area contributed by atoms with E-state index >= 15 is 0 Å². The Kier molecular flexibility index (Phi) is 7.79. The molecule has 1 aliphatic rings. The molecule has 6 nitrogen and oxygen atoms in total. The number of benzene rings is 2. The molecule has 1 heterocycles. The van der Waals surface area contributed by atoms with Crippen LogP contribution in [0.25, 0.3) is 6.08 Å². The minimum Gasteiger partial charge on any atom is -0.489 e. The molecule has 1 aliphatic heterocycles. The number of carbonyl (C=O) groups is 2. The summed E-state index contributed by atoms with van der Waals surface area (Å²) in [7, 11) is 0. The molecule has 1 atom stereocenters. The van der Waals surface area contributed by atoms with Gasteiger partial charge >= 0.3 is 6.09 Å². The van der Waals surface area contributed by atoms with Crippen LogP contribution in [0.15, 0.2) is 55.1 Å². The maximum Gasteiger partial charge on any atom is 0.410 e. The van der Waals surface area contributed by atoms with Gasteiger partial charge in [-0.1, -0.05) is 49.1 Å². The van der Waals surface area contributed by atoms with Gasteiger partial charge in [-0.05, 0) is 51.0 Å². The summed E-state index contributed by atoms with van der Waals surface area (Å²) in [6, 6.07) is 15.6. The van der Waals surface area contributed by atoms with Crippen LogP contribution in [-0.4, -0.2) is 53.1 Å². The van der Waals surface area contributed by atoms with E-state index in [1.807, 2.05) is 81.1 Å². The zero-order valence-corrected chi connectivity index (χ0v) is 20.0. The SMILES string of the molecule is C=Cc1ccc(OCc2ccccc2)c(CC(=O)N2CCN(C(=O)OC(C)(C)C)CC2C)c1. The third kappa shape index (κ3) is 6.85. The Morgan fingerprint density at radius 2 is 1.85 bits per heavy atom. The second-order valence-electron chi connectivity index (χ2n) is 9.38. The Bertz CT molecular complexity index is 981. The molecule has 1 saturated heterocycles. The van der Waals surface area contributed by atoms with Crippen molar-refractivity contribution in [3.05, 3.63) is 71.8 Å². The number of hydrogen-bond donors (Lipinski definition) is 0. The van der Waals surface area contributed by atoms with Crippen LogP contribution < -0.4 is 4.74 Å². The normalized spacial score (nSPS) is 16.3. The summed E-state index contributed by atoms with van der Waals surface area (Å²) in [5.41, 5.74) is 2.29. The lowest BCUT2D eigenvalue weighted by molar-refractivity contribution is -0.134. The highest BCUT2D eigenvalue weighted by Crippen LogP contribution is 2.24. The van der Waals surface area contributed by atoms with Gasteiger partial charge in [0.1, 0.15) is 18.0 Å². The number of amides is 2. The first-order valence-electron chi connectivity index (χ1n) is 11.4. The average Bonchev–Trinajstić information content (AvgIpc) is 2.77. The molecule has 1 unspecified atom stereocenters. The highest BCUT2D eigenvalue weighted by Gasteiger charge is 2.32. The van der Waals surface area contributed by atoms with Crippen LogP contribution in [0.5, 0.6) is 5.75 Å². The van der Waals surface area contributed by atoms with Crippen LogP contribution in [0.3, 0.4) is 0 Å².